The van der Waals surface area contributed by atoms with Gasteiger partial charge in [0.1, 0.15) is 5.75 Å². The first kappa shape index (κ1) is 20.4. The van der Waals surface area contributed by atoms with E-state index in [2.05, 4.69) is 5.32 Å². The maximum absolute atomic E-state index is 13.1. The number of hydrogen-bond donors (Lipinski definition) is 1. The zero-order valence-corrected chi connectivity index (χ0v) is 17.3. The summed E-state index contributed by atoms with van der Waals surface area (Å²) in [5.74, 6) is 0.131. The number of benzene rings is 2. The van der Waals surface area contributed by atoms with Crippen LogP contribution < -0.4 is 10.1 Å². The quantitative estimate of drug-likeness (QED) is 0.832. The summed E-state index contributed by atoms with van der Waals surface area (Å²) in [6.07, 6.45) is 1.33. The van der Waals surface area contributed by atoms with E-state index in [4.69, 9.17) is 4.74 Å². The Hall–Kier alpha value is -2.38. The Morgan fingerprint density at radius 1 is 1.14 bits per heavy atom. The lowest BCUT2D eigenvalue weighted by molar-refractivity contribution is -0.120. The number of carbonyl (C=O) groups is 1. The molecule has 1 amide bonds. The first-order chi connectivity index (χ1) is 13.3. The highest BCUT2D eigenvalue weighted by Gasteiger charge is 2.33. The van der Waals surface area contributed by atoms with Crippen molar-refractivity contribution in [1.82, 2.24) is 4.31 Å². The average molecular weight is 403 g/mol. The van der Waals surface area contributed by atoms with E-state index in [9.17, 15) is 13.2 Å². The Morgan fingerprint density at radius 2 is 1.86 bits per heavy atom. The molecule has 0 aliphatic carbocycles. The fraction of sp³-hybridized carbons (Fsp3) is 0.381. The highest BCUT2D eigenvalue weighted by Crippen LogP contribution is 2.27. The minimum Gasteiger partial charge on any atom is -0.496 e. The third kappa shape index (κ3) is 4.36. The normalized spacial score (nSPS) is 17.9. The fourth-order valence-electron chi connectivity index (χ4n) is 3.42. The largest absolute Gasteiger partial charge is 0.496 e. The summed E-state index contributed by atoms with van der Waals surface area (Å²) >= 11 is 0. The first-order valence-electron chi connectivity index (χ1n) is 9.33. The summed E-state index contributed by atoms with van der Waals surface area (Å²) in [6, 6.07) is 12.4. The zero-order valence-electron chi connectivity index (χ0n) is 16.4. The van der Waals surface area contributed by atoms with Crippen molar-refractivity contribution in [2.45, 2.75) is 31.6 Å². The molecule has 2 aromatic rings. The molecule has 1 aliphatic heterocycles. The smallest absolute Gasteiger partial charge is 0.243 e. The molecule has 0 aromatic heterocycles. The van der Waals surface area contributed by atoms with Crippen molar-refractivity contribution in [3.8, 4) is 5.75 Å². The Balaban J connectivity index is 1.73. The van der Waals surface area contributed by atoms with E-state index in [0.29, 0.717) is 25.1 Å². The van der Waals surface area contributed by atoms with Gasteiger partial charge in [-0.1, -0.05) is 17.7 Å². The van der Waals surface area contributed by atoms with Crippen LogP contribution in [-0.2, 0) is 14.8 Å². The van der Waals surface area contributed by atoms with Gasteiger partial charge in [0.05, 0.1) is 17.9 Å². The van der Waals surface area contributed by atoms with E-state index in [0.717, 1.165) is 16.8 Å². The van der Waals surface area contributed by atoms with Crippen molar-refractivity contribution in [3.05, 3.63) is 53.6 Å². The minimum absolute atomic E-state index is 0.144. The average Bonchev–Trinajstić information content (AvgIpc) is 2.69. The van der Waals surface area contributed by atoms with E-state index in [1.54, 1.807) is 25.3 Å². The van der Waals surface area contributed by atoms with Crippen LogP contribution in [-0.4, -0.2) is 38.8 Å². The van der Waals surface area contributed by atoms with Gasteiger partial charge in [-0.05, 0) is 62.6 Å². The second-order valence-electron chi connectivity index (χ2n) is 7.19. The predicted molar refractivity (Wildman–Crippen MR) is 109 cm³/mol. The molecule has 1 unspecified atom stereocenters. The number of rotatable bonds is 5. The van der Waals surface area contributed by atoms with E-state index in [-0.39, 0.29) is 23.3 Å². The third-order valence-corrected chi connectivity index (χ3v) is 6.94. The van der Waals surface area contributed by atoms with Crippen LogP contribution in [0.25, 0.3) is 0 Å². The fourth-order valence-corrected chi connectivity index (χ4v) is 5.03. The van der Waals surface area contributed by atoms with Gasteiger partial charge in [0, 0.05) is 18.8 Å². The lowest BCUT2D eigenvalue weighted by Crippen LogP contribution is -2.43. The van der Waals surface area contributed by atoms with E-state index in [1.807, 2.05) is 38.1 Å². The van der Waals surface area contributed by atoms with Crippen molar-refractivity contribution in [2.75, 3.05) is 25.5 Å². The van der Waals surface area contributed by atoms with Gasteiger partial charge >= 0.3 is 0 Å². The van der Waals surface area contributed by atoms with Crippen molar-refractivity contribution in [1.29, 1.82) is 0 Å². The maximum atomic E-state index is 13.1. The van der Waals surface area contributed by atoms with Gasteiger partial charge in [0.15, 0.2) is 0 Å². The predicted octanol–water partition coefficient (Wildman–Crippen LogP) is 3.35. The van der Waals surface area contributed by atoms with E-state index < -0.39 is 10.0 Å². The number of aryl methyl sites for hydroxylation is 2. The monoisotopic (exact) mass is 402 g/mol. The number of ether oxygens (including phenoxy) is 1. The van der Waals surface area contributed by atoms with Crippen LogP contribution >= 0.6 is 0 Å². The molecule has 7 heteroatoms. The maximum Gasteiger partial charge on any atom is 0.243 e. The number of hydrogen-bond acceptors (Lipinski definition) is 4. The highest BCUT2D eigenvalue weighted by atomic mass is 32.2. The summed E-state index contributed by atoms with van der Waals surface area (Å²) in [5, 5.41) is 2.90. The van der Waals surface area contributed by atoms with E-state index in [1.165, 1.54) is 4.31 Å². The van der Waals surface area contributed by atoms with Crippen molar-refractivity contribution < 1.29 is 17.9 Å². The highest BCUT2D eigenvalue weighted by molar-refractivity contribution is 7.89. The number of methoxy groups -OCH3 is 1. The van der Waals surface area contributed by atoms with Crippen molar-refractivity contribution >= 4 is 21.6 Å². The molecule has 0 spiro atoms. The summed E-state index contributed by atoms with van der Waals surface area (Å²) in [4.78, 5) is 12.9. The summed E-state index contributed by atoms with van der Waals surface area (Å²) < 4.78 is 32.7. The molecule has 1 saturated heterocycles. The molecule has 1 fully saturated rings. The molecule has 1 heterocycles. The summed E-state index contributed by atoms with van der Waals surface area (Å²) in [7, 11) is -2.10. The molecule has 0 bridgehead atoms. The second kappa shape index (κ2) is 8.32. The molecule has 28 heavy (non-hydrogen) atoms. The minimum atomic E-state index is -3.66. The molecule has 150 valence electrons. The number of sulfonamides is 1. The van der Waals surface area contributed by atoms with Crippen LogP contribution in [0.5, 0.6) is 5.75 Å². The van der Waals surface area contributed by atoms with Crippen LogP contribution in [0, 0.1) is 19.8 Å². The Kier molecular flexibility index (Phi) is 6.05. The molecule has 1 N–H and O–H groups in total. The van der Waals surface area contributed by atoms with Gasteiger partial charge in [-0.15, -0.1) is 0 Å². The molecule has 3 rings (SSSR count). The zero-order chi connectivity index (χ0) is 20.3. The Morgan fingerprint density at radius 3 is 2.50 bits per heavy atom. The Labute approximate surface area is 166 Å². The van der Waals surface area contributed by atoms with Gasteiger partial charge in [-0.2, -0.15) is 4.31 Å². The number of piperidine rings is 1. The van der Waals surface area contributed by atoms with Crippen LogP contribution in [0.4, 0.5) is 5.69 Å². The van der Waals surface area contributed by atoms with Crippen LogP contribution in [0.2, 0.25) is 0 Å². The number of carbonyl (C=O) groups excluding carboxylic acids is 1. The van der Waals surface area contributed by atoms with Gasteiger partial charge in [0.2, 0.25) is 15.9 Å². The van der Waals surface area contributed by atoms with Crippen LogP contribution in [0.3, 0.4) is 0 Å². The molecule has 1 atom stereocenters. The SMILES string of the molecule is COc1ccc(S(=O)(=O)N2CCCC(C(=O)Nc3ccc(C)cc3)C2)cc1C. The number of nitrogens with zero attached hydrogens (tertiary/aromatic N) is 1. The summed E-state index contributed by atoms with van der Waals surface area (Å²) in [5.41, 5.74) is 2.60. The van der Waals surface area contributed by atoms with Crippen LogP contribution in [0.15, 0.2) is 47.4 Å². The van der Waals surface area contributed by atoms with E-state index >= 15 is 0 Å². The third-order valence-electron chi connectivity index (χ3n) is 5.08. The van der Waals surface area contributed by atoms with Gasteiger partial charge < -0.3 is 10.1 Å². The van der Waals surface area contributed by atoms with Gasteiger partial charge in [-0.25, -0.2) is 8.42 Å². The first-order valence-corrected chi connectivity index (χ1v) is 10.8. The van der Waals surface area contributed by atoms with Gasteiger partial charge in [-0.3, -0.25) is 4.79 Å². The lowest BCUT2D eigenvalue weighted by atomic mass is 9.98. The number of anilines is 1. The number of nitrogens with one attached hydrogen (secondary N) is 1. The molecular weight excluding hydrogens is 376 g/mol. The van der Waals surface area contributed by atoms with Crippen molar-refractivity contribution in [3.63, 3.8) is 0 Å². The standard InChI is InChI=1S/C21H26N2O4S/c1-15-6-8-18(9-7-15)22-21(24)17-5-4-12-23(14-17)28(25,26)19-10-11-20(27-3)16(2)13-19/h6-11,13,17H,4-5,12,14H2,1-3H3,(H,22,24). The van der Waals surface area contributed by atoms with Crippen LogP contribution in [0.1, 0.15) is 24.0 Å². The van der Waals surface area contributed by atoms with Gasteiger partial charge in [0.25, 0.3) is 0 Å². The lowest BCUT2D eigenvalue weighted by Gasteiger charge is -2.31. The second-order valence-corrected chi connectivity index (χ2v) is 9.13. The molecule has 1 aliphatic rings. The number of amides is 1. The molecule has 2 aromatic carbocycles. The molecule has 6 nitrogen and oxygen atoms in total. The Bertz CT molecular complexity index is 955. The van der Waals surface area contributed by atoms with Crippen molar-refractivity contribution in [2.24, 2.45) is 5.92 Å². The molecule has 0 saturated carbocycles. The topological polar surface area (TPSA) is 75.7 Å². The summed E-state index contributed by atoms with van der Waals surface area (Å²) in [6.45, 7) is 4.40. The molecule has 0 radical (unpaired) electrons. The molecular formula is C21H26N2O4S.